The third-order valence-corrected chi connectivity index (χ3v) is 7.18. The molecule has 0 atom stereocenters. The van der Waals surface area contributed by atoms with Crippen LogP contribution in [0.5, 0.6) is 5.88 Å². The summed E-state index contributed by atoms with van der Waals surface area (Å²) in [5.74, 6) is -1.37. The molecular weight excluding hydrogens is 655 g/mol. The number of carbonyl (C=O) groups is 1. The van der Waals surface area contributed by atoms with E-state index in [4.69, 9.17) is 4.55 Å². The molecule has 1 amide bonds. The fraction of sp³-hybridized carbons (Fsp3) is 0. The van der Waals surface area contributed by atoms with Gasteiger partial charge in [-0.15, -0.1) is 0 Å². The molecule has 2 heterocycles. The van der Waals surface area contributed by atoms with Gasteiger partial charge in [-0.3, -0.25) is 9.35 Å². The molecule has 0 saturated heterocycles. The Labute approximate surface area is 330 Å². The van der Waals surface area contributed by atoms with E-state index in [0.717, 1.165) is 34.0 Å². The Balaban J connectivity index is 0.00000323. The Bertz CT molecular complexity index is 1990. The van der Waals surface area contributed by atoms with Crippen LogP contribution in [-0.4, -0.2) is 47.3 Å². The van der Waals surface area contributed by atoms with Crippen LogP contribution in [0, 0.1) is 22.7 Å². The molecule has 18 heteroatoms. The zero-order valence-corrected chi connectivity index (χ0v) is 30.2. The Hall–Kier alpha value is -2.12. The van der Waals surface area contributed by atoms with Crippen LogP contribution in [0.3, 0.4) is 0 Å². The number of hydrogen-bond donors (Lipinski definition) is 1. The third kappa shape index (κ3) is 8.54. The van der Waals surface area contributed by atoms with Crippen LogP contribution in [0.15, 0.2) is 93.3 Å². The van der Waals surface area contributed by atoms with Crippen molar-refractivity contribution in [2.75, 3.05) is 5.01 Å². The summed E-state index contributed by atoms with van der Waals surface area (Å²) < 4.78 is 65.8. The normalized spacial score (nSPS) is 14.3. The molecule has 2 aromatic carbocycles. The standard InChI is InChI=1S/C25H16N6O8S2.2K/c26-14-22-20(24(32)30(28-22)16-6-10-18(11-7-16)40(34,35)36)4-2-1-3-5-21-23(15-27)29-31(25(21)33)17-8-12-19(13-9-17)41(37,38)39;;/h1-13,32H,(H,34,35,36)(H,37,38,39);;/q;2*+1/p-2. The van der Waals surface area contributed by atoms with Crippen molar-refractivity contribution in [3.63, 3.8) is 0 Å². The zero-order chi connectivity index (χ0) is 29.9. The number of anilines is 1. The number of nitriles is 2. The molecule has 0 unspecified atom stereocenters. The maximum Gasteiger partial charge on any atom is 1.00 e. The van der Waals surface area contributed by atoms with Gasteiger partial charge in [-0.2, -0.15) is 34.2 Å². The molecule has 4 rings (SSSR count). The number of aromatic nitrogens is 2. The fourth-order valence-electron chi connectivity index (χ4n) is 3.53. The summed E-state index contributed by atoms with van der Waals surface area (Å²) in [6.45, 7) is 0. The van der Waals surface area contributed by atoms with Gasteiger partial charge in [-0.05, 0) is 60.5 Å². The van der Waals surface area contributed by atoms with Crippen molar-refractivity contribution in [2.24, 2.45) is 5.10 Å². The first-order valence-corrected chi connectivity index (χ1v) is 13.9. The van der Waals surface area contributed by atoms with Crippen molar-refractivity contribution >= 4 is 43.6 Å². The largest absolute Gasteiger partial charge is 1.00 e. The maximum atomic E-state index is 12.8. The minimum Gasteiger partial charge on any atom is -0.858 e. The van der Waals surface area contributed by atoms with Crippen molar-refractivity contribution in [1.82, 2.24) is 9.78 Å². The first-order valence-electron chi connectivity index (χ1n) is 11.1. The summed E-state index contributed by atoms with van der Waals surface area (Å²) in [7, 11) is -9.13. The van der Waals surface area contributed by atoms with Gasteiger partial charge in [0.15, 0.2) is 11.4 Å². The van der Waals surface area contributed by atoms with Crippen molar-refractivity contribution < 1.29 is 139 Å². The summed E-state index contributed by atoms with van der Waals surface area (Å²) in [6, 6.07) is 12.6. The van der Waals surface area contributed by atoms with E-state index in [1.54, 1.807) is 12.1 Å². The maximum absolute atomic E-state index is 12.8. The zero-order valence-electron chi connectivity index (χ0n) is 22.3. The molecule has 0 spiro atoms. The summed E-state index contributed by atoms with van der Waals surface area (Å²) in [5, 5.41) is 40.3. The molecule has 3 aromatic rings. The molecule has 0 fully saturated rings. The van der Waals surface area contributed by atoms with Crippen molar-refractivity contribution in [2.45, 2.75) is 9.79 Å². The number of hydrogen-bond acceptors (Lipinski definition) is 11. The Kier molecular flexibility index (Phi) is 13.1. The van der Waals surface area contributed by atoms with Gasteiger partial charge in [0.25, 0.3) is 16.0 Å². The van der Waals surface area contributed by atoms with Crippen LogP contribution in [0.2, 0.25) is 0 Å². The van der Waals surface area contributed by atoms with Gasteiger partial charge in [0.1, 0.15) is 22.3 Å². The predicted octanol–water partition coefficient (Wildman–Crippen LogP) is -4.60. The number of nitrogens with zero attached hydrogens (tertiary/aromatic N) is 6. The number of allylic oxidation sites excluding steroid dienone is 4. The van der Waals surface area contributed by atoms with E-state index in [-0.39, 0.29) is 142 Å². The Morgan fingerprint density at radius 3 is 1.98 bits per heavy atom. The van der Waals surface area contributed by atoms with Gasteiger partial charge in [0.2, 0.25) is 0 Å². The molecule has 0 aliphatic carbocycles. The summed E-state index contributed by atoms with van der Waals surface area (Å²) in [6.07, 6.45) is 6.74. The molecule has 1 aliphatic rings. The van der Waals surface area contributed by atoms with Gasteiger partial charge in [-0.1, -0.05) is 24.3 Å². The Morgan fingerprint density at radius 2 is 1.44 bits per heavy atom. The molecular formula is C25H14K2N6O8S2. The van der Waals surface area contributed by atoms with Gasteiger partial charge >= 0.3 is 103 Å². The van der Waals surface area contributed by atoms with Crippen LogP contribution in [0.25, 0.3) is 11.8 Å². The number of rotatable bonds is 7. The topological polar surface area (TPSA) is 233 Å². The van der Waals surface area contributed by atoms with Crippen molar-refractivity contribution in [3.8, 4) is 23.7 Å². The minimum absolute atomic E-state index is 0. The smallest absolute Gasteiger partial charge is 0.858 e. The van der Waals surface area contributed by atoms with Gasteiger partial charge in [0, 0.05) is 5.56 Å². The van der Waals surface area contributed by atoms with E-state index in [0.29, 0.717) is 0 Å². The second-order valence-corrected chi connectivity index (χ2v) is 10.8. The molecule has 0 bridgehead atoms. The minimum atomic E-state index is -4.69. The van der Waals surface area contributed by atoms with Crippen LogP contribution in [0.1, 0.15) is 11.3 Å². The van der Waals surface area contributed by atoms with Crippen molar-refractivity contribution in [3.05, 3.63) is 89.7 Å². The van der Waals surface area contributed by atoms with Gasteiger partial charge in [0.05, 0.1) is 26.7 Å². The third-order valence-electron chi connectivity index (χ3n) is 5.46. The van der Waals surface area contributed by atoms with Crippen LogP contribution < -0.4 is 113 Å². The molecule has 43 heavy (non-hydrogen) atoms. The molecule has 0 saturated carbocycles. The molecule has 1 N–H and O–H groups in total. The number of benzene rings is 2. The van der Waals surface area contributed by atoms with E-state index in [1.807, 2.05) is 0 Å². The first-order chi connectivity index (χ1) is 19.3. The van der Waals surface area contributed by atoms with Crippen LogP contribution in [0.4, 0.5) is 5.69 Å². The van der Waals surface area contributed by atoms with Crippen molar-refractivity contribution in [1.29, 1.82) is 10.5 Å². The molecule has 0 radical (unpaired) electrons. The van der Waals surface area contributed by atoms with E-state index >= 15 is 0 Å². The first kappa shape index (κ1) is 37.1. The molecule has 14 nitrogen and oxygen atoms in total. The summed E-state index contributed by atoms with van der Waals surface area (Å²) in [4.78, 5) is 11.9. The summed E-state index contributed by atoms with van der Waals surface area (Å²) in [5.41, 5.74) is -0.322. The van der Waals surface area contributed by atoms with Gasteiger partial charge in [-0.25, -0.2) is 13.1 Å². The molecule has 1 aromatic heterocycles. The number of amides is 1. The predicted molar refractivity (Wildman–Crippen MR) is 139 cm³/mol. The average molecular weight is 669 g/mol. The average Bonchev–Trinajstić information content (AvgIpc) is 3.43. The fourth-order valence-corrected chi connectivity index (χ4v) is 4.48. The van der Waals surface area contributed by atoms with E-state index < -0.39 is 36.9 Å². The van der Waals surface area contributed by atoms with E-state index in [9.17, 15) is 41.8 Å². The second-order valence-electron chi connectivity index (χ2n) is 8.01. The van der Waals surface area contributed by atoms with Crippen LogP contribution >= 0.6 is 0 Å². The SMILES string of the molecule is N#CC1=NN(c2ccc(S(=O)(=O)[O-])cc2)C(=O)C1=CC=CC=Cc1c(C#N)nn(-c2ccc(S(=O)(=O)O)cc2)c1[O-].[K+].[K+]. The molecule has 1 aliphatic heterocycles. The number of hydrazone groups is 1. The van der Waals surface area contributed by atoms with Crippen LogP contribution in [-0.2, 0) is 25.0 Å². The number of carbonyl (C=O) groups excluding carboxylic acids is 1. The Morgan fingerprint density at radius 1 is 0.860 bits per heavy atom. The molecule has 206 valence electrons. The second kappa shape index (κ2) is 15.2. The van der Waals surface area contributed by atoms with Gasteiger partial charge < -0.3 is 9.66 Å². The summed E-state index contributed by atoms with van der Waals surface area (Å²) >= 11 is 0. The monoisotopic (exact) mass is 668 g/mol. The quantitative estimate of drug-likeness (QED) is 0.109. The van der Waals surface area contributed by atoms with E-state index in [1.165, 1.54) is 54.6 Å². The van der Waals surface area contributed by atoms with E-state index in [2.05, 4.69) is 10.2 Å².